The molecule has 1 heterocycles. The molecule has 1 N–H and O–H groups in total. The number of aromatic nitrogens is 1. The van der Waals surface area contributed by atoms with Crippen LogP contribution in [0.5, 0.6) is 5.75 Å². The largest absolute Gasteiger partial charge is 0.496 e. The Labute approximate surface area is 117 Å². The van der Waals surface area contributed by atoms with Gasteiger partial charge in [-0.1, -0.05) is 18.2 Å². The molecule has 0 unspecified atom stereocenters. The third-order valence-electron chi connectivity index (χ3n) is 3.06. The molecule has 0 radical (unpaired) electrons. The maximum absolute atomic E-state index is 10.7. The molecule has 106 valence electrons. The van der Waals surface area contributed by atoms with Crippen molar-refractivity contribution in [3.63, 3.8) is 0 Å². The Morgan fingerprint density at radius 2 is 2.10 bits per heavy atom. The van der Waals surface area contributed by atoms with Crippen LogP contribution in [0.4, 0.5) is 0 Å². The number of nitrogens with zero attached hydrogens (tertiary/aromatic N) is 1. The van der Waals surface area contributed by atoms with Crippen LogP contribution in [0.2, 0.25) is 0 Å². The van der Waals surface area contributed by atoms with Gasteiger partial charge in [0.25, 0.3) is 0 Å². The Morgan fingerprint density at radius 1 is 1.35 bits per heavy atom. The van der Waals surface area contributed by atoms with Gasteiger partial charge in [0.15, 0.2) is 5.89 Å². The van der Waals surface area contributed by atoms with Gasteiger partial charge in [0.1, 0.15) is 11.5 Å². The lowest BCUT2D eigenvalue weighted by atomic mass is 10.1. The Hall–Kier alpha value is -2.30. The first-order valence-electron chi connectivity index (χ1n) is 6.39. The Kier molecular flexibility index (Phi) is 4.40. The molecule has 0 spiro atoms. The van der Waals surface area contributed by atoms with Gasteiger partial charge in [0.2, 0.25) is 0 Å². The molecule has 0 amide bonds. The number of benzene rings is 1. The first-order valence-corrected chi connectivity index (χ1v) is 6.39. The second-order valence-electron chi connectivity index (χ2n) is 4.49. The van der Waals surface area contributed by atoms with Gasteiger partial charge in [-0.25, -0.2) is 4.98 Å². The molecule has 0 atom stereocenters. The molecule has 0 saturated heterocycles. The van der Waals surface area contributed by atoms with Gasteiger partial charge < -0.3 is 14.3 Å². The van der Waals surface area contributed by atoms with Crippen LogP contribution >= 0.6 is 0 Å². The number of hydrogen-bond acceptors (Lipinski definition) is 4. The highest BCUT2D eigenvalue weighted by atomic mass is 16.5. The smallest absolute Gasteiger partial charge is 0.309 e. The van der Waals surface area contributed by atoms with Gasteiger partial charge in [-0.2, -0.15) is 0 Å². The van der Waals surface area contributed by atoms with Crippen molar-refractivity contribution in [1.82, 2.24) is 4.98 Å². The number of para-hydroxylation sites is 1. The number of methoxy groups -OCH3 is 1. The summed E-state index contributed by atoms with van der Waals surface area (Å²) in [5.41, 5.74) is 1.57. The van der Waals surface area contributed by atoms with Gasteiger partial charge >= 0.3 is 5.97 Å². The number of carboxylic acids is 1. The number of carboxylic acid groups (broad SMARTS) is 1. The van der Waals surface area contributed by atoms with Crippen molar-refractivity contribution in [3.05, 3.63) is 47.2 Å². The second kappa shape index (κ2) is 6.23. The van der Waals surface area contributed by atoms with Gasteiger partial charge in [-0.05, 0) is 25.0 Å². The summed E-state index contributed by atoms with van der Waals surface area (Å²) < 4.78 is 10.8. The lowest BCUT2D eigenvalue weighted by Crippen LogP contribution is -2.02. The summed E-state index contributed by atoms with van der Waals surface area (Å²) in [6.45, 7) is 1.73. The fraction of sp³-hybridized carbons (Fsp3) is 0.333. The zero-order valence-corrected chi connectivity index (χ0v) is 11.5. The molecule has 5 heteroatoms. The van der Waals surface area contributed by atoms with Crippen molar-refractivity contribution in [1.29, 1.82) is 0 Å². The van der Waals surface area contributed by atoms with E-state index in [9.17, 15) is 4.79 Å². The monoisotopic (exact) mass is 275 g/mol. The van der Waals surface area contributed by atoms with Crippen LogP contribution < -0.4 is 4.74 Å². The first-order chi connectivity index (χ1) is 9.60. The highest BCUT2D eigenvalue weighted by Crippen LogP contribution is 2.20. The molecule has 0 saturated carbocycles. The number of ether oxygens (including phenoxy) is 1. The molecule has 0 aliphatic carbocycles. The number of oxazole rings is 1. The van der Waals surface area contributed by atoms with E-state index in [2.05, 4.69) is 4.98 Å². The van der Waals surface area contributed by atoms with Gasteiger partial charge in [-0.3, -0.25) is 4.79 Å². The number of rotatable bonds is 6. The third-order valence-corrected chi connectivity index (χ3v) is 3.06. The van der Waals surface area contributed by atoms with E-state index in [0.717, 1.165) is 17.7 Å². The van der Waals surface area contributed by atoms with E-state index in [0.29, 0.717) is 23.8 Å². The highest BCUT2D eigenvalue weighted by Gasteiger charge is 2.13. The van der Waals surface area contributed by atoms with Gasteiger partial charge in [-0.15, -0.1) is 0 Å². The average molecular weight is 275 g/mol. The van der Waals surface area contributed by atoms with Crippen LogP contribution in [-0.2, 0) is 24.1 Å². The topological polar surface area (TPSA) is 72.6 Å². The van der Waals surface area contributed by atoms with E-state index in [4.69, 9.17) is 14.3 Å². The number of carbonyl (C=O) groups is 1. The zero-order valence-electron chi connectivity index (χ0n) is 11.5. The van der Waals surface area contributed by atoms with E-state index >= 15 is 0 Å². The minimum atomic E-state index is -0.905. The lowest BCUT2D eigenvalue weighted by Gasteiger charge is -2.06. The summed E-state index contributed by atoms with van der Waals surface area (Å²) in [7, 11) is 1.64. The fourth-order valence-electron chi connectivity index (χ4n) is 2.05. The van der Waals surface area contributed by atoms with E-state index < -0.39 is 5.97 Å². The normalized spacial score (nSPS) is 10.5. The highest BCUT2D eigenvalue weighted by molar-refractivity contribution is 5.69. The van der Waals surface area contributed by atoms with Crippen molar-refractivity contribution < 1.29 is 19.1 Å². The molecular formula is C15H17NO4. The molecule has 1 aromatic heterocycles. The lowest BCUT2D eigenvalue weighted by molar-refractivity contribution is -0.136. The third kappa shape index (κ3) is 3.38. The Balaban J connectivity index is 2.05. The number of hydrogen-bond donors (Lipinski definition) is 1. The summed E-state index contributed by atoms with van der Waals surface area (Å²) in [4.78, 5) is 14.9. The zero-order chi connectivity index (χ0) is 14.5. The molecule has 1 aromatic carbocycles. The van der Waals surface area contributed by atoms with E-state index in [1.807, 2.05) is 24.3 Å². The van der Waals surface area contributed by atoms with Crippen LogP contribution in [0, 0.1) is 6.92 Å². The maximum atomic E-state index is 10.7. The van der Waals surface area contributed by atoms with Crippen LogP contribution in [0.25, 0.3) is 0 Å². The minimum absolute atomic E-state index is 0.107. The van der Waals surface area contributed by atoms with Gasteiger partial charge in [0.05, 0.1) is 19.2 Å². The second-order valence-corrected chi connectivity index (χ2v) is 4.49. The molecule has 0 aliphatic rings. The van der Waals surface area contributed by atoms with Crippen molar-refractivity contribution >= 4 is 5.97 Å². The van der Waals surface area contributed by atoms with Crippen LogP contribution in [0.3, 0.4) is 0 Å². The fourth-order valence-corrected chi connectivity index (χ4v) is 2.05. The van der Waals surface area contributed by atoms with E-state index in [1.54, 1.807) is 14.0 Å². The van der Waals surface area contributed by atoms with Gasteiger partial charge in [0, 0.05) is 6.42 Å². The summed E-state index contributed by atoms with van der Waals surface area (Å²) in [5, 5.41) is 8.78. The molecule has 20 heavy (non-hydrogen) atoms. The van der Waals surface area contributed by atoms with Crippen molar-refractivity contribution in [2.75, 3.05) is 7.11 Å². The number of aryl methyl sites for hydroxylation is 3. The molecule has 5 nitrogen and oxygen atoms in total. The quantitative estimate of drug-likeness (QED) is 0.876. The Morgan fingerprint density at radius 3 is 2.80 bits per heavy atom. The van der Waals surface area contributed by atoms with Crippen LogP contribution in [-0.4, -0.2) is 23.2 Å². The summed E-state index contributed by atoms with van der Waals surface area (Å²) >= 11 is 0. The standard InChI is InChI=1S/C15H17NO4/c1-10-12(9-15(17)18)16-14(20-10)8-7-11-5-3-4-6-13(11)19-2/h3-6H,7-9H2,1-2H3,(H,17,18). The summed E-state index contributed by atoms with van der Waals surface area (Å²) in [6.07, 6.45) is 1.24. The van der Waals surface area contributed by atoms with E-state index in [-0.39, 0.29) is 6.42 Å². The molecule has 0 fully saturated rings. The first kappa shape index (κ1) is 14.1. The van der Waals surface area contributed by atoms with Crippen molar-refractivity contribution in [3.8, 4) is 5.75 Å². The Bertz CT molecular complexity index is 604. The molecule has 2 rings (SSSR count). The minimum Gasteiger partial charge on any atom is -0.496 e. The molecule has 2 aromatic rings. The molecular weight excluding hydrogens is 258 g/mol. The van der Waals surface area contributed by atoms with Crippen molar-refractivity contribution in [2.24, 2.45) is 0 Å². The predicted molar refractivity (Wildman–Crippen MR) is 73.0 cm³/mol. The van der Waals surface area contributed by atoms with Crippen LogP contribution in [0.15, 0.2) is 28.7 Å². The maximum Gasteiger partial charge on any atom is 0.309 e. The molecule has 0 aliphatic heterocycles. The summed E-state index contributed by atoms with van der Waals surface area (Å²) in [5.74, 6) is 1.06. The number of aliphatic carboxylic acids is 1. The van der Waals surface area contributed by atoms with E-state index in [1.165, 1.54) is 0 Å². The predicted octanol–water partition coefficient (Wildman–Crippen LogP) is 2.40. The van der Waals surface area contributed by atoms with Crippen LogP contribution in [0.1, 0.15) is 22.9 Å². The van der Waals surface area contributed by atoms with Crippen molar-refractivity contribution in [2.45, 2.75) is 26.2 Å². The molecule has 0 bridgehead atoms. The summed E-state index contributed by atoms with van der Waals surface area (Å²) in [6, 6.07) is 7.77. The SMILES string of the molecule is COc1ccccc1CCc1nc(CC(=O)O)c(C)o1. The average Bonchev–Trinajstić information content (AvgIpc) is 2.76.